The van der Waals surface area contributed by atoms with Crippen LogP contribution in [0.5, 0.6) is 0 Å². The third-order valence-corrected chi connectivity index (χ3v) is 5.14. The third kappa shape index (κ3) is 3.15. The minimum Gasteiger partial charge on any atom is -0.329 e. The molecule has 1 aliphatic heterocycles. The molecule has 0 spiro atoms. The van der Waals surface area contributed by atoms with E-state index in [1.54, 1.807) is 12.4 Å². The smallest absolute Gasteiger partial charge is 0.246 e. The summed E-state index contributed by atoms with van der Waals surface area (Å²) in [5, 5.41) is 5.57. The van der Waals surface area contributed by atoms with Crippen LogP contribution in [-0.2, 0) is 17.9 Å². The van der Waals surface area contributed by atoms with Crippen molar-refractivity contribution in [2.24, 2.45) is 0 Å². The second kappa shape index (κ2) is 7.00. The molecule has 0 unspecified atom stereocenters. The summed E-state index contributed by atoms with van der Waals surface area (Å²) in [6.07, 6.45) is 4.90. The number of hydrogen-bond donors (Lipinski definition) is 0. The fourth-order valence-electron chi connectivity index (χ4n) is 3.52. The summed E-state index contributed by atoms with van der Waals surface area (Å²) in [6, 6.07) is 11.6. The van der Waals surface area contributed by atoms with Gasteiger partial charge in [0.2, 0.25) is 5.91 Å². The van der Waals surface area contributed by atoms with Gasteiger partial charge in [-0.15, -0.1) is 0 Å². The monoisotopic (exact) mass is 378 g/mol. The van der Waals surface area contributed by atoms with Gasteiger partial charge in [-0.3, -0.25) is 14.5 Å². The number of pyridine rings is 1. The fraction of sp³-hybridized carbons (Fsp3) is 0.190. The SMILES string of the molecule is C=CC(=O)N1Cc2c(-c3ccncc3)c(-c3ccc(Cl)cc3)nn2C[C@H]1C. The number of carbonyl (C=O) groups is 1. The number of amides is 1. The van der Waals surface area contributed by atoms with Crippen molar-refractivity contribution in [3.63, 3.8) is 0 Å². The Morgan fingerprint density at radius 3 is 2.56 bits per heavy atom. The van der Waals surface area contributed by atoms with Gasteiger partial charge < -0.3 is 4.90 Å². The minimum atomic E-state index is -0.0660. The van der Waals surface area contributed by atoms with Gasteiger partial charge >= 0.3 is 0 Å². The van der Waals surface area contributed by atoms with Gasteiger partial charge in [-0.25, -0.2) is 0 Å². The van der Waals surface area contributed by atoms with E-state index in [1.165, 1.54) is 6.08 Å². The zero-order chi connectivity index (χ0) is 19.0. The zero-order valence-corrected chi connectivity index (χ0v) is 15.7. The van der Waals surface area contributed by atoms with E-state index in [4.69, 9.17) is 16.7 Å². The van der Waals surface area contributed by atoms with Crippen molar-refractivity contribution >= 4 is 17.5 Å². The number of benzene rings is 1. The molecule has 1 aliphatic rings. The highest BCUT2D eigenvalue weighted by atomic mass is 35.5. The first-order valence-corrected chi connectivity index (χ1v) is 9.15. The first-order chi connectivity index (χ1) is 13.1. The maximum absolute atomic E-state index is 12.3. The molecule has 3 aromatic rings. The van der Waals surface area contributed by atoms with Gasteiger partial charge in [-0.1, -0.05) is 30.3 Å². The maximum atomic E-state index is 12.3. The first kappa shape index (κ1) is 17.5. The Morgan fingerprint density at radius 1 is 1.19 bits per heavy atom. The molecule has 2 aromatic heterocycles. The Balaban J connectivity index is 1.90. The topological polar surface area (TPSA) is 51.0 Å². The summed E-state index contributed by atoms with van der Waals surface area (Å²) in [4.78, 5) is 18.3. The van der Waals surface area contributed by atoms with Gasteiger partial charge in [0.05, 0.1) is 18.8 Å². The van der Waals surface area contributed by atoms with Gasteiger partial charge in [0.1, 0.15) is 5.69 Å². The van der Waals surface area contributed by atoms with E-state index in [0.717, 1.165) is 28.1 Å². The standard InChI is InChI=1S/C21H19ClN4O/c1-3-19(27)25-13-18-20(15-8-10-23-11-9-15)21(24-26(18)12-14(25)2)16-4-6-17(22)7-5-16/h3-11,14H,1,12-13H2,2H3/t14-/m1/s1. The number of aromatic nitrogens is 3. The largest absolute Gasteiger partial charge is 0.329 e. The van der Waals surface area contributed by atoms with Gasteiger partial charge in [0.25, 0.3) is 0 Å². The van der Waals surface area contributed by atoms with Crippen LogP contribution in [0.3, 0.4) is 0 Å². The van der Waals surface area contributed by atoms with Crippen LogP contribution in [0.25, 0.3) is 22.4 Å². The molecule has 0 saturated carbocycles. The molecule has 6 heteroatoms. The maximum Gasteiger partial charge on any atom is 0.246 e. The Bertz CT molecular complexity index is 995. The van der Waals surface area contributed by atoms with Crippen molar-refractivity contribution in [3.05, 3.63) is 72.2 Å². The van der Waals surface area contributed by atoms with E-state index in [9.17, 15) is 4.79 Å². The lowest BCUT2D eigenvalue weighted by atomic mass is 9.98. The average Bonchev–Trinajstić information content (AvgIpc) is 3.06. The molecule has 0 saturated heterocycles. The predicted octanol–water partition coefficient (Wildman–Crippen LogP) is 4.18. The molecule has 0 N–H and O–H groups in total. The molecular formula is C21H19ClN4O. The van der Waals surface area contributed by atoms with E-state index >= 15 is 0 Å². The second-order valence-corrected chi connectivity index (χ2v) is 7.05. The Kier molecular flexibility index (Phi) is 4.54. The molecule has 3 heterocycles. The van der Waals surface area contributed by atoms with Crippen LogP contribution >= 0.6 is 11.6 Å². The zero-order valence-electron chi connectivity index (χ0n) is 15.0. The normalized spacial score (nSPS) is 16.1. The van der Waals surface area contributed by atoms with Crippen molar-refractivity contribution in [1.29, 1.82) is 0 Å². The Morgan fingerprint density at radius 2 is 1.89 bits per heavy atom. The van der Waals surface area contributed by atoms with Crippen molar-refractivity contribution in [2.75, 3.05) is 0 Å². The molecule has 0 bridgehead atoms. The fourth-order valence-corrected chi connectivity index (χ4v) is 3.64. The molecule has 136 valence electrons. The predicted molar refractivity (Wildman–Crippen MR) is 106 cm³/mol. The number of hydrogen-bond acceptors (Lipinski definition) is 3. The second-order valence-electron chi connectivity index (χ2n) is 6.61. The number of carbonyl (C=O) groups excluding carboxylic acids is 1. The van der Waals surface area contributed by atoms with Gasteiger partial charge in [-0.05, 0) is 42.8 Å². The van der Waals surface area contributed by atoms with Crippen LogP contribution in [0.2, 0.25) is 5.02 Å². The summed E-state index contributed by atoms with van der Waals surface area (Å²) < 4.78 is 2.01. The van der Waals surface area contributed by atoms with Crippen molar-refractivity contribution in [1.82, 2.24) is 19.7 Å². The molecular weight excluding hydrogens is 360 g/mol. The molecule has 1 amide bonds. The van der Waals surface area contributed by atoms with Crippen LogP contribution in [0.15, 0.2) is 61.4 Å². The highest BCUT2D eigenvalue weighted by molar-refractivity contribution is 6.30. The first-order valence-electron chi connectivity index (χ1n) is 8.77. The van der Waals surface area contributed by atoms with Gasteiger partial charge in [0.15, 0.2) is 0 Å². The minimum absolute atomic E-state index is 0.0475. The number of rotatable bonds is 3. The number of halogens is 1. The Hall–Kier alpha value is -2.92. The summed E-state index contributed by atoms with van der Waals surface area (Å²) in [7, 11) is 0. The summed E-state index contributed by atoms with van der Waals surface area (Å²) in [5.41, 5.74) is 4.93. The molecule has 4 rings (SSSR count). The number of nitrogens with zero attached hydrogens (tertiary/aromatic N) is 4. The van der Waals surface area contributed by atoms with Crippen molar-refractivity contribution in [3.8, 4) is 22.4 Å². The van der Waals surface area contributed by atoms with Crippen molar-refractivity contribution in [2.45, 2.75) is 26.1 Å². The average molecular weight is 379 g/mol. The highest BCUT2D eigenvalue weighted by Crippen LogP contribution is 2.37. The summed E-state index contributed by atoms with van der Waals surface area (Å²) >= 11 is 6.06. The Labute approximate surface area is 162 Å². The van der Waals surface area contributed by atoms with E-state index in [1.807, 2.05) is 52.9 Å². The molecule has 0 radical (unpaired) electrons. The summed E-state index contributed by atoms with van der Waals surface area (Å²) in [6.45, 7) is 6.79. The lowest BCUT2D eigenvalue weighted by Crippen LogP contribution is -2.44. The van der Waals surface area contributed by atoms with Gasteiger partial charge in [0, 0.05) is 34.6 Å². The third-order valence-electron chi connectivity index (χ3n) is 4.89. The highest BCUT2D eigenvalue weighted by Gasteiger charge is 2.31. The van der Waals surface area contributed by atoms with E-state index < -0.39 is 0 Å². The lowest BCUT2D eigenvalue weighted by molar-refractivity contribution is -0.129. The molecule has 27 heavy (non-hydrogen) atoms. The molecule has 0 fully saturated rings. The quantitative estimate of drug-likeness (QED) is 0.642. The molecule has 5 nitrogen and oxygen atoms in total. The van der Waals surface area contributed by atoms with E-state index in [0.29, 0.717) is 18.1 Å². The number of fused-ring (bicyclic) bond motifs is 1. The van der Waals surface area contributed by atoms with Crippen molar-refractivity contribution < 1.29 is 4.79 Å². The van der Waals surface area contributed by atoms with Crippen LogP contribution in [0.1, 0.15) is 12.6 Å². The van der Waals surface area contributed by atoms with Crippen LogP contribution in [0, 0.1) is 0 Å². The van der Waals surface area contributed by atoms with E-state index in [2.05, 4.69) is 11.6 Å². The van der Waals surface area contributed by atoms with Crippen LogP contribution in [0.4, 0.5) is 0 Å². The molecule has 0 aliphatic carbocycles. The van der Waals surface area contributed by atoms with E-state index in [-0.39, 0.29) is 11.9 Å². The van der Waals surface area contributed by atoms with Gasteiger partial charge in [-0.2, -0.15) is 5.10 Å². The molecule has 1 atom stereocenters. The summed E-state index contributed by atoms with van der Waals surface area (Å²) in [5.74, 6) is -0.0660. The van der Waals surface area contributed by atoms with Crippen LogP contribution in [-0.4, -0.2) is 31.6 Å². The molecule has 1 aromatic carbocycles. The van der Waals surface area contributed by atoms with Crippen LogP contribution < -0.4 is 0 Å². The lowest BCUT2D eigenvalue weighted by Gasteiger charge is -2.33.